The van der Waals surface area contributed by atoms with E-state index >= 15 is 0 Å². The molecule has 3 aromatic rings. The van der Waals surface area contributed by atoms with E-state index in [0.717, 1.165) is 22.0 Å². The average Bonchev–Trinajstić information content (AvgIpc) is 2.38. The summed E-state index contributed by atoms with van der Waals surface area (Å²) < 4.78 is 0. The Kier molecular flexibility index (Phi) is 3.01. The number of aromatic nitrogens is 2. The van der Waals surface area contributed by atoms with Crippen molar-refractivity contribution < 1.29 is 0 Å². The van der Waals surface area contributed by atoms with Crippen LogP contribution in [0.5, 0.6) is 0 Å². The Morgan fingerprint density at radius 3 is 2.47 bits per heavy atom. The maximum atomic E-state index is 6.20. The Balaban J connectivity index is 2.24. The minimum atomic E-state index is 0.260. The SMILES string of the molecule is Nc1ncc2cc(-c3c(Cl)cccc3Cl)ccc2n1. The summed E-state index contributed by atoms with van der Waals surface area (Å²) in [5, 5.41) is 2.12. The molecule has 1 heterocycles. The molecule has 19 heavy (non-hydrogen) atoms. The summed E-state index contributed by atoms with van der Waals surface area (Å²) in [4.78, 5) is 8.14. The standard InChI is InChI=1S/C14H9Cl2N3/c15-10-2-1-3-11(16)13(10)8-4-5-12-9(6-8)7-18-14(17)19-12/h1-7H,(H2,17,18,19). The van der Waals surface area contributed by atoms with Gasteiger partial charge in [0.1, 0.15) is 0 Å². The first-order valence-electron chi connectivity index (χ1n) is 5.62. The van der Waals surface area contributed by atoms with Crippen LogP contribution in [0.25, 0.3) is 22.0 Å². The number of hydrogen-bond acceptors (Lipinski definition) is 3. The molecule has 0 bridgehead atoms. The van der Waals surface area contributed by atoms with Crippen molar-refractivity contribution >= 4 is 40.1 Å². The van der Waals surface area contributed by atoms with Gasteiger partial charge < -0.3 is 5.73 Å². The van der Waals surface area contributed by atoms with Crippen molar-refractivity contribution in [3.05, 3.63) is 52.6 Å². The molecule has 0 aliphatic rings. The molecule has 3 nitrogen and oxygen atoms in total. The Labute approximate surface area is 120 Å². The summed E-state index contributed by atoms with van der Waals surface area (Å²) in [5.74, 6) is 0.260. The normalized spacial score (nSPS) is 10.8. The molecule has 0 unspecified atom stereocenters. The van der Waals surface area contributed by atoms with E-state index in [4.69, 9.17) is 28.9 Å². The van der Waals surface area contributed by atoms with Crippen LogP contribution in [0.4, 0.5) is 5.95 Å². The molecule has 0 amide bonds. The maximum Gasteiger partial charge on any atom is 0.220 e. The summed E-state index contributed by atoms with van der Waals surface area (Å²) >= 11 is 12.4. The van der Waals surface area contributed by atoms with Crippen LogP contribution in [0, 0.1) is 0 Å². The fourth-order valence-electron chi connectivity index (χ4n) is 1.98. The van der Waals surface area contributed by atoms with Crippen LogP contribution in [-0.2, 0) is 0 Å². The van der Waals surface area contributed by atoms with Gasteiger partial charge >= 0.3 is 0 Å². The van der Waals surface area contributed by atoms with E-state index in [0.29, 0.717) is 10.0 Å². The van der Waals surface area contributed by atoms with Crippen LogP contribution < -0.4 is 5.73 Å². The van der Waals surface area contributed by atoms with Gasteiger partial charge in [0.25, 0.3) is 0 Å². The summed E-state index contributed by atoms with van der Waals surface area (Å²) in [6.07, 6.45) is 1.69. The second-order valence-electron chi connectivity index (χ2n) is 4.10. The summed E-state index contributed by atoms with van der Waals surface area (Å²) in [7, 11) is 0. The molecule has 0 saturated heterocycles. The fraction of sp³-hybridized carbons (Fsp3) is 0. The number of fused-ring (bicyclic) bond motifs is 1. The van der Waals surface area contributed by atoms with E-state index in [1.165, 1.54) is 0 Å². The number of nitrogens with zero attached hydrogens (tertiary/aromatic N) is 2. The molecular formula is C14H9Cl2N3. The first-order valence-corrected chi connectivity index (χ1v) is 6.37. The van der Waals surface area contributed by atoms with Gasteiger partial charge in [0.15, 0.2) is 0 Å². The van der Waals surface area contributed by atoms with E-state index in [1.54, 1.807) is 6.20 Å². The third kappa shape index (κ3) is 2.23. The lowest BCUT2D eigenvalue weighted by Gasteiger charge is -2.08. The third-order valence-corrected chi connectivity index (χ3v) is 3.48. The van der Waals surface area contributed by atoms with Gasteiger partial charge in [-0.1, -0.05) is 35.3 Å². The molecule has 0 aliphatic heterocycles. The number of benzene rings is 2. The molecule has 2 aromatic carbocycles. The molecule has 0 atom stereocenters. The number of nitrogens with two attached hydrogens (primary N) is 1. The molecule has 0 aliphatic carbocycles. The van der Waals surface area contributed by atoms with Gasteiger partial charge in [-0.05, 0) is 29.8 Å². The van der Waals surface area contributed by atoms with E-state index in [2.05, 4.69) is 9.97 Å². The van der Waals surface area contributed by atoms with Crippen LogP contribution in [-0.4, -0.2) is 9.97 Å². The van der Waals surface area contributed by atoms with Gasteiger partial charge in [0.05, 0.1) is 5.52 Å². The number of rotatable bonds is 1. The zero-order valence-electron chi connectivity index (χ0n) is 9.77. The number of hydrogen-bond donors (Lipinski definition) is 1. The van der Waals surface area contributed by atoms with Gasteiger partial charge in [0, 0.05) is 27.2 Å². The average molecular weight is 290 g/mol. The molecule has 0 saturated carbocycles. The van der Waals surface area contributed by atoms with Gasteiger partial charge in [-0.25, -0.2) is 9.97 Å². The quantitative estimate of drug-likeness (QED) is 0.731. The van der Waals surface area contributed by atoms with Crippen LogP contribution in [0.3, 0.4) is 0 Å². The highest BCUT2D eigenvalue weighted by Gasteiger charge is 2.09. The highest BCUT2D eigenvalue weighted by molar-refractivity contribution is 6.39. The molecule has 0 fully saturated rings. The molecule has 0 spiro atoms. The van der Waals surface area contributed by atoms with Crippen molar-refractivity contribution in [2.45, 2.75) is 0 Å². The smallest absolute Gasteiger partial charge is 0.220 e. The second-order valence-corrected chi connectivity index (χ2v) is 4.91. The lowest BCUT2D eigenvalue weighted by atomic mass is 10.0. The summed E-state index contributed by atoms with van der Waals surface area (Å²) in [6, 6.07) is 11.2. The maximum absolute atomic E-state index is 6.20. The van der Waals surface area contributed by atoms with E-state index < -0.39 is 0 Å². The number of anilines is 1. The highest BCUT2D eigenvalue weighted by Crippen LogP contribution is 2.35. The Hall–Kier alpha value is -1.84. The van der Waals surface area contributed by atoms with Gasteiger partial charge in [-0.15, -0.1) is 0 Å². The number of nitrogen functional groups attached to an aromatic ring is 1. The largest absolute Gasteiger partial charge is 0.368 e. The minimum absolute atomic E-state index is 0.260. The zero-order valence-corrected chi connectivity index (χ0v) is 11.3. The molecule has 1 aromatic heterocycles. The van der Waals surface area contributed by atoms with Crippen molar-refractivity contribution in [3.63, 3.8) is 0 Å². The van der Waals surface area contributed by atoms with Crippen LogP contribution >= 0.6 is 23.2 Å². The molecule has 94 valence electrons. The van der Waals surface area contributed by atoms with Crippen molar-refractivity contribution in [1.82, 2.24) is 9.97 Å². The third-order valence-electron chi connectivity index (χ3n) is 2.85. The molecular weight excluding hydrogens is 281 g/mol. The van der Waals surface area contributed by atoms with Gasteiger partial charge in [-0.3, -0.25) is 0 Å². The summed E-state index contributed by atoms with van der Waals surface area (Å²) in [6.45, 7) is 0. The monoisotopic (exact) mass is 289 g/mol. The van der Waals surface area contributed by atoms with Crippen LogP contribution in [0.1, 0.15) is 0 Å². The minimum Gasteiger partial charge on any atom is -0.368 e. The predicted octanol–water partition coefficient (Wildman–Crippen LogP) is 4.19. The topological polar surface area (TPSA) is 51.8 Å². The lowest BCUT2D eigenvalue weighted by molar-refractivity contribution is 1.24. The second kappa shape index (κ2) is 4.68. The highest BCUT2D eigenvalue weighted by atomic mass is 35.5. The lowest BCUT2D eigenvalue weighted by Crippen LogP contribution is -1.94. The first-order chi connectivity index (χ1) is 9.15. The van der Waals surface area contributed by atoms with Crippen LogP contribution in [0.15, 0.2) is 42.6 Å². The number of halogens is 2. The fourth-order valence-corrected chi connectivity index (χ4v) is 2.59. The summed E-state index contributed by atoms with van der Waals surface area (Å²) in [5.41, 5.74) is 8.09. The first kappa shape index (κ1) is 12.2. The molecule has 0 radical (unpaired) electrons. The predicted molar refractivity (Wildman–Crippen MR) is 79.4 cm³/mol. The Morgan fingerprint density at radius 2 is 1.74 bits per heavy atom. The van der Waals surface area contributed by atoms with E-state index in [1.807, 2.05) is 36.4 Å². The molecule has 2 N–H and O–H groups in total. The van der Waals surface area contributed by atoms with E-state index in [9.17, 15) is 0 Å². The van der Waals surface area contributed by atoms with Crippen molar-refractivity contribution in [2.75, 3.05) is 5.73 Å². The van der Waals surface area contributed by atoms with Crippen molar-refractivity contribution in [2.24, 2.45) is 0 Å². The molecule has 5 heteroatoms. The van der Waals surface area contributed by atoms with E-state index in [-0.39, 0.29) is 5.95 Å². The Bertz CT molecular complexity index is 751. The Morgan fingerprint density at radius 1 is 1.00 bits per heavy atom. The van der Waals surface area contributed by atoms with Gasteiger partial charge in [-0.2, -0.15) is 0 Å². The van der Waals surface area contributed by atoms with Crippen molar-refractivity contribution in [3.8, 4) is 11.1 Å². The van der Waals surface area contributed by atoms with Gasteiger partial charge in [0.2, 0.25) is 5.95 Å². The van der Waals surface area contributed by atoms with Crippen LogP contribution in [0.2, 0.25) is 10.0 Å². The van der Waals surface area contributed by atoms with Crippen molar-refractivity contribution in [1.29, 1.82) is 0 Å². The molecule has 3 rings (SSSR count). The zero-order chi connectivity index (χ0) is 13.4.